The van der Waals surface area contributed by atoms with Crippen LogP contribution in [0.3, 0.4) is 0 Å². The fraction of sp³-hybridized carbons (Fsp3) is 0.320. The average Bonchev–Trinajstić information content (AvgIpc) is 2.80. The number of carbonyl (C=O) groups is 1. The van der Waals surface area contributed by atoms with Crippen LogP contribution in [0.2, 0.25) is 0 Å². The molecule has 4 rings (SSSR count). The predicted octanol–water partition coefficient (Wildman–Crippen LogP) is 3.89. The monoisotopic (exact) mass is 416 g/mol. The Morgan fingerprint density at radius 1 is 1.13 bits per heavy atom. The minimum Gasteiger partial charge on any atom is -0.496 e. The van der Waals surface area contributed by atoms with Gasteiger partial charge < -0.3 is 10.1 Å². The van der Waals surface area contributed by atoms with Crippen LogP contribution in [-0.4, -0.2) is 47.5 Å². The van der Waals surface area contributed by atoms with Crippen LogP contribution in [0.25, 0.3) is 0 Å². The highest BCUT2D eigenvalue weighted by Gasteiger charge is 2.24. The van der Waals surface area contributed by atoms with E-state index >= 15 is 0 Å². The molecular weight excluding hydrogens is 388 g/mol. The SMILES string of the molecule is COc1ccccc1Cc1cccc([C@@H]2CCCN(CC(=O)Nc3ccccn3)C2)n1. The summed E-state index contributed by atoms with van der Waals surface area (Å²) in [6.07, 6.45) is 4.56. The van der Waals surface area contributed by atoms with Crippen molar-refractivity contribution in [3.63, 3.8) is 0 Å². The van der Waals surface area contributed by atoms with E-state index in [9.17, 15) is 4.79 Å². The highest BCUT2D eigenvalue weighted by molar-refractivity contribution is 5.91. The second kappa shape index (κ2) is 10.2. The molecule has 0 radical (unpaired) electrons. The van der Waals surface area contributed by atoms with Crippen LogP contribution in [0.1, 0.15) is 35.7 Å². The van der Waals surface area contributed by atoms with Crippen LogP contribution >= 0.6 is 0 Å². The molecule has 1 N–H and O–H groups in total. The van der Waals surface area contributed by atoms with Crippen molar-refractivity contribution in [3.8, 4) is 5.75 Å². The zero-order valence-corrected chi connectivity index (χ0v) is 17.8. The quantitative estimate of drug-likeness (QED) is 0.633. The van der Waals surface area contributed by atoms with Gasteiger partial charge in [-0.1, -0.05) is 30.3 Å². The molecule has 160 valence electrons. The summed E-state index contributed by atoms with van der Waals surface area (Å²) in [6.45, 7) is 2.13. The first-order valence-corrected chi connectivity index (χ1v) is 10.7. The van der Waals surface area contributed by atoms with Gasteiger partial charge in [0.05, 0.1) is 13.7 Å². The Morgan fingerprint density at radius 3 is 2.84 bits per heavy atom. The van der Waals surface area contributed by atoms with Crippen molar-refractivity contribution in [2.45, 2.75) is 25.2 Å². The Bertz CT molecular complexity index is 1010. The van der Waals surface area contributed by atoms with Crippen LogP contribution in [0, 0.1) is 0 Å². The van der Waals surface area contributed by atoms with Gasteiger partial charge in [-0.3, -0.25) is 14.7 Å². The second-order valence-electron chi connectivity index (χ2n) is 7.88. The van der Waals surface area contributed by atoms with Crippen LogP contribution in [0.5, 0.6) is 5.75 Å². The summed E-state index contributed by atoms with van der Waals surface area (Å²) >= 11 is 0. The van der Waals surface area contributed by atoms with Crippen molar-refractivity contribution >= 4 is 11.7 Å². The van der Waals surface area contributed by atoms with Crippen LogP contribution < -0.4 is 10.1 Å². The van der Waals surface area contributed by atoms with Gasteiger partial charge in [-0.05, 0) is 49.7 Å². The molecule has 3 aromatic rings. The Balaban J connectivity index is 1.39. The molecule has 0 aliphatic carbocycles. The van der Waals surface area contributed by atoms with E-state index in [-0.39, 0.29) is 5.91 Å². The number of hydrogen-bond donors (Lipinski definition) is 1. The first kappa shape index (κ1) is 21.0. The number of para-hydroxylation sites is 1. The molecule has 1 atom stereocenters. The fourth-order valence-corrected chi connectivity index (χ4v) is 4.13. The number of nitrogens with one attached hydrogen (secondary N) is 1. The van der Waals surface area contributed by atoms with Crippen molar-refractivity contribution in [2.75, 3.05) is 32.1 Å². The van der Waals surface area contributed by atoms with Crippen LogP contribution in [0.15, 0.2) is 66.9 Å². The van der Waals surface area contributed by atoms with Gasteiger partial charge in [-0.15, -0.1) is 0 Å². The number of amides is 1. The highest BCUT2D eigenvalue weighted by Crippen LogP contribution is 2.27. The van der Waals surface area contributed by atoms with Crippen LogP contribution in [0.4, 0.5) is 5.82 Å². The summed E-state index contributed by atoms with van der Waals surface area (Å²) in [5.74, 6) is 1.77. The number of ether oxygens (including phenoxy) is 1. The number of aromatic nitrogens is 2. The number of anilines is 1. The van der Waals surface area contributed by atoms with Gasteiger partial charge in [-0.25, -0.2) is 4.98 Å². The Kier molecular flexibility index (Phi) is 6.89. The zero-order valence-electron chi connectivity index (χ0n) is 17.8. The number of pyridine rings is 2. The van der Waals surface area contributed by atoms with Gasteiger partial charge in [0.1, 0.15) is 11.6 Å². The molecule has 1 amide bonds. The second-order valence-corrected chi connectivity index (χ2v) is 7.88. The molecule has 1 fully saturated rings. The fourth-order valence-electron chi connectivity index (χ4n) is 4.13. The summed E-state index contributed by atoms with van der Waals surface area (Å²) < 4.78 is 5.48. The zero-order chi connectivity index (χ0) is 21.5. The molecule has 2 aromatic heterocycles. The minimum absolute atomic E-state index is 0.0303. The molecular formula is C25H28N4O2. The van der Waals surface area contributed by atoms with Gasteiger partial charge >= 0.3 is 0 Å². The molecule has 0 saturated carbocycles. The maximum atomic E-state index is 12.4. The number of benzene rings is 1. The maximum absolute atomic E-state index is 12.4. The van der Waals surface area contributed by atoms with E-state index < -0.39 is 0 Å². The lowest BCUT2D eigenvalue weighted by atomic mass is 9.94. The molecule has 0 unspecified atom stereocenters. The Hall–Kier alpha value is -3.25. The van der Waals surface area contributed by atoms with Crippen molar-refractivity contribution in [2.24, 2.45) is 0 Å². The number of piperidine rings is 1. The van der Waals surface area contributed by atoms with Crippen molar-refractivity contribution < 1.29 is 9.53 Å². The molecule has 1 aliphatic rings. The van der Waals surface area contributed by atoms with E-state index in [0.29, 0.717) is 18.3 Å². The lowest BCUT2D eigenvalue weighted by Crippen LogP contribution is -2.40. The first-order valence-electron chi connectivity index (χ1n) is 10.7. The van der Waals surface area contributed by atoms with Crippen molar-refractivity contribution in [1.82, 2.24) is 14.9 Å². The van der Waals surface area contributed by atoms with E-state index in [2.05, 4.69) is 39.5 Å². The maximum Gasteiger partial charge on any atom is 0.239 e. The number of rotatable bonds is 7. The smallest absolute Gasteiger partial charge is 0.239 e. The van der Waals surface area contributed by atoms with Crippen molar-refractivity contribution in [3.05, 3.63) is 83.8 Å². The number of carbonyl (C=O) groups excluding carboxylic acids is 1. The number of methoxy groups -OCH3 is 1. The third-order valence-corrected chi connectivity index (χ3v) is 5.62. The molecule has 0 spiro atoms. The van der Waals surface area contributed by atoms with Crippen molar-refractivity contribution in [1.29, 1.82) is 0 Å². The van der Waals surface area contributed by atoms with E-state index in [1.54, 1.807) is 19.4 Å². The molecule has 3 heterocycles. The van der Waals surface area contributed by atoms with Gasteiger partial charge in [0.2, 0.25) is 5.91 Å². The largest absolute Gasteiger partial charge is 0.496 e. The highest BCUT2D eigenvalue weighted by atomic mass is 16.5. The van der Waals surface area contributed by atoms with E-state index in [1.807, 2.05) is 30.3 Å². The molecule has 1 aliphatic heterocycles. The average molecular weight is 417 g/mol. The summed E-state index contributed by atoms with van der Waals surface area (Å²) in [7, 11) is 1.70. The van der Waals surface area contributed by atoms with E-state index in [1.165, 1.54) is 0 Å². The lowest BCUT2D eigenvalue weighted by Gasteiger charge is -2.32. The van der Waals surface area contributed by atoms with Gasteiger partial charge in [-0.2, -0.15) is 0 Å². The third kappa shape index (κ3) is 5.67. The normalized spacial score (nSPS) is 16.6. The molecule has 31 heavy (non-hydrogen) atoms. The van der Waals surface area contributed by atoms with E-state index in [0.717, 1.165) is 55.1 Å². The van der Waals surface area contributed by atoms with Gasteiger partial charge in [0, 0.05) is 42.0 Å². The summed E-state index contributed by atoms with van der Waals surface area (Å²) in [5, 5.41) is 2.87. The van der Waals surface area contributed by atoms with Gasteiger partial charge in [0.25, 0.3) is 0 Å². The Labute approximate surface area is 183 Å². The summed E-state index contributed by atoms with van der Waals surface area (Å²) in [6, 6.07) is 19.8. The first-order chi connectivity index (χ1) is 15.2. The topological polar surface area (TPSA) is 67.3 Å². The van der Waals surface area contributed by atoms with E-state index in [4.69, 9.17) is 9.72 Å². The van der Waals surface area contributed by atoms with Crippen LogP contribution in [-0.2, 0) is 11.2 Å². The van der Waals surface area contributed by atoms with Gasteiger partial charge in [0.15, 0.2) is 0 Å². The molecule has 1 saturated heterocycles. The standard InChI is InChI=1S/C25H28N4O2/c1-31-23-12-3-2-8-19(23)16-21-10-6-11-22(27-21)20-9-7-15-29(17-20)18-25(30)28-24-13-4-5-14-26-24/h2-6,8,10-14,20H,7,9,15-18H2,1H3,(H,26,28,30)/t20-/m1/s1. The third-order valence-electron chi connectivity index (χ3n) is 5.62. The predicted molar refractivity (Wildman–Crippen MR) is 121 cm³/mol. The molecule has 6 heteroatoms. The number of hydrogen-bond acceptors (Lipinski definition) is 5. The summed E-state index contributed by atoms with van der Waals surface area (Å²) in [4.78, 5) is 23.7. The number of likely N-dealkylation sites (tertiary alicyclic amines) is 1. The lowest BCUT2D eigenvalue weighted by molar-refractivity contribution is -0.117. The number of nitrogens with zero attached hydrogens (tertiary/aromatic N) is 3. The minimum atomic E-state index is -0.0303. The molecule has 0 bridgehead atoms. The molecule has 1 aromatic carbocycles. The Morgan fingerprint density at radius 2 is 2.00 bits per heavy atom. The molecule has 6 nitrogen and oxygen atoms in total. The summed E-state index contributed by atoms with van der Waals surface area (Å²) in [5.41, 5.74) is 3.26.